The van der Waals surface area contributed by atoms with E-state index in [0.29, 0.717) is 11.5 Å². The fourth-order valence-corrected chi connectivity index (χ4v) is 3.94. The second-order valence-corrected chi connectivity index (χ2v) is 6.17. The minimum Gasteiger partial charge on any atom is -0.458 e. The van der Waals surface area contributed by atoms with E-state index < -0.39 is 0 Å². The van der Waals surface area contributed by atoms with Gasteiger partial charge >= 0.3 is 5.97 Å². The van der Waals surface area contributed by atoms with E-state index in [1.165, 1.54) is 19.3 Å². The normalized spacial score (nSPS) is 44.8. The first kappa shape index (κ1) is 11.1. The van der Waals surface area contributed by atoms with Crippen molar-refractivity contribution in [3.63, 3.8) is 0 Å². The van der Waals surface area contributed by atoms with E-state index in [2.05, 4.69) is 26.5 Å². The molecule has 2 aliphatic carbocycles. The molecule has 2 fully saturated rings. The Hall–Kier alpha value is -1.05. The first-order valence-electron chi connectivity index (χ1n) is 6.63. The predicted octanol–water partition coefficient (Wildman–Crippen LogP) is 3.24. The van der Waals surface area contributed by atoms with Gasteiger partial charge in [-0.05, 0) is 30.6 Å². The van der Waals surface area contributed by atoms with E-state index in [9.17, 15) is 4.79 Å². The lowest BCUT2D eigenvalue weighted by Crippen LogP contribution is -2.38. The van der Waals surface area contributed by atoms with Gasteiger partial charge in [0.1, 0.15) is 6.10 Å². The lowest BCUT2D eigenvalue weighted by atomic mass is 9.60. The quantitative estimate of drug-likeness (QED) is 0.364. The van der Waals surface area contributed by atoms with Gasteiger partial charge in [0, 0.05) is 11.5 Å². The van der Waals surface area contributed by atoms with Crippen LogP contribution in [0.2, 0.25) is 0 Å². The van der Waals surface area contributed by atoms with Crippen molar-refractivity contribution in [2.24, 2.45) is 17.3 Å². The van der Waals surface area contributed by atoms with Gasteiger partial charge < -0.3 is 4.74 Å². The van der Waals surface area contributed by atoms with Crippen LogP contribution < -0.4 is 0 Å². The molecule has 0 radical (unpaired) electrons. The van der Waals surface area contributed by atoms with Crippen LogP contribution >= 0.6 is 0 Å². The van der Waals surface area contributed by atoms with E-state index in [1.807, 2.05) is 0 Å². The molecular weight excluding hydrogens is 212 g/mol. The second kappa shape index (κ2) is 3.47. The maximum Gasteiger partial charge on any atom is 0.334 e. The van der Waals surface area contributed by atoms with Crippen molar-refractivity contribution in [3.8, 4) is 0 Å². The molecule has 0 bridgehead atoms. The SMILES string of the molecule is C=C1C(=O)OC2C[C@@]3(C)CCC[C@H](C)C3=CC12. The Morgan fingerprint density at radius 1 is 1.53 bits per heavy atom. The van der Waals surface area contributed by atoms with Gasteiger partial charge in [0.2, 0.25) is 0 Å². The van der Waals surface area contributed by atoms with Crippen molar-refractivity contribution < 1.29 is 9.53 Å². The smallest absolute Gasteiger partial charge is 0.334 e. The number of ether oxygens (including phenoxy) is 1. The van der Waals surface area contributed by atoms with Gasteiger partial charge in [0.05, 0.1) is 0 Å². The van der Waals surface area contributed by atoms with E-state index in [-0.39, 0.29) is 23.4 Å². The summed E-state index contributed by atoms with van der Waals surface area (Å²) in [6.45, 7) is 8.53. The van der Waals surface area contributed by atoms with E-state index in [0.717, 1.165) is 6.42 Å². The van der Waals surface area contributed by atoms with Gasteiger partial charge in [0.25, 0.3) is 0 Å². The molecule has 1 heterocycles. The number of carbonyl (C=O) groups is 1. The maximum atomic E-state index is 11.6. The molecule has 0 N–H and O–H groups in total. The molecule has 3 aliphatic rings. The maximum absolute atomic E-state index is 11.6. The van der Waals surface area contributed by atoms with Crippen molar-refractivity contribution in [3.05, 3.63) is 23.8 Å². The summed E-state index contributed by atoms with van der Waals surface area (Å²) in [5.74, 6) is 0.607. The minimum atomic E-state index is -0.188. The number of hydrogen-bond acceptors (Lipinski definition) is 2. The van der Waals surface area contributed by atoms with Crippen LogP contribution in [-0.2, 0) is 9.53 Å². The summed E-state index contributed by atoms with van der Waals surface area (Å²) >= 11 is 0. The fraction of sp³-hybridized carbons (Fsp3) is 0.667. The molecule has 1 aliphatic heterocycles. The molecule has 2 unspecified atom stereocenters. The first-order valence-corrected chi connectivity index (χ1v) is 6.63. The summed E-state index contributed by atoms with van der Waals surface area (Å²) < 4.78 is 5.44. The van der Waals surface area contributed by atoms with Crippen LogP contribution in [0.1, 0.15) is 39.5 Å². The minimum absolute atomic E-state index is 0.0500. The highest BCUT2D eigenvalue weighted by Crippen LogP contribution is 2.53. The Morgan fingerprint density at radius 3 is 3.06 bits per heavy atom. The van der Waals surface area contributed by atoms with Crippen molar-refractivity contribution in [1.82, 2.24) is 0 Å². The molecule has 1 saturated carbocycles. The lowest BCUT2D eigenvalue weighted by Gasteiger charge is -2.45. The number of fused-ring (bicyclic) bond motifs is 2. The molecule has 17 heavy (non-hydrogen) atoms. The number of hydrogen-bond donors (Lipinski definition) is 0. The molecule has 0 aromatic rings. The molecule has 4 atom stereocenters. The molecule has 92 valence electrons. The Labute approximate surface area is 103 Å². The number of esters is 1. The van der Waals surface area contributed by atoms with Crippen LogP contribution in [0.15, 0.2) is 23.8 Å². The molecule has 1 saturated heterocycles. The van der Waals surface area contributed by atoms with Crippen molar-refractivity contribution in [2.75, 3.05) is 0 Å². The standard InChI is InChI=1S/C15H20O2/c1-9-5-4-6-15(3)8-13-11(7-12(9)15)10(2)14(16)17-13/h7,9,11,13H,2,4-6,8H2,1,3H3/t9-,11?,13?,15+/m0/s1. The zero-order valence-electron chi connectivity index (χ0n) is 10.7. The van der Waals surface area contributed by atoms with Crippen LogP contribution in [0, 0.1) is 17.3 Å². The van der Waals surface area contributed by atoms with Crippen LogP contribution in [-0.4, -0.2) is 12.1 Å². The summed E-state index contributed by atoms with van der Waals surface area (Å²) in [5.41, 5.74) is 2.45. The molecule has 0 amide bonds. The molecular formula is C15H20O2. The van der Waals surface area contributed by atoms with Crippen LogP contribution in [0.5, 0.6) is 0 Å². The van der Waals surface area contributed by atoms with Crippen molar-refractivity contribution in [2.45, 2.75) is 45.6 Å². The second-order valence-electron chi connectivity index (χ2n) is 6.17. The number of rotatable bonds is 0. The number of allylic oxidation sites excluding steroid dienone is 1. The first-order chi connectivity index (χ1) is 8.01. The van der Waals surface area contributed by atoms with Crippen LogP contribution in [0.4, 0.5) is 0 Å². The van der Waals surface area contributed by atoms with E-state index in [4.69, 9.17) is 4.74 Å². The van der Waals surface area contributed by atoms with E-state index >= 15 is 0 Å². The van der Waals surface area contributed by atoms with Crippen LogP contribution in [0.3, 0.4) is 0 Å². The Balaban J connectivity index is 2.01. The Morgan fingerprint density at radius 2 is 2.29 bits per heavy atom. The van der Waals surface area contributed by atoms with E-state index in [1.54, 1.807) is 5.57 Å². The highest BCUT2D eigenvalue weighted by molar-refractivity contribution is 5.91. The summed E-state index contributed by atoms with van der Waals surface area (Å²) in [6, 6.07) is 0. The van der Waals surface area contributed by atoms with Crippen molar-refractivity contribution in [1.29, 1.82) is 0 Å². The topological polar surface area (TPSA) is 26.3 Å². The van der Waals surface area contributed by atoms with Gasteiger partial charge in [-0.2, -0.15) is 0 Å². The molecule has 3 rings (SSSR count). The highest BCUT2D eigenvalue weighted by atomic mass is 16.6. The molecule has 0 aromatic heterocycles. The monoisotopic (exact) mass is 232 g/mol. The van der Waals surface area contributed by atoms with Gasteiger partial charge in [0.15, 0.2) is 0 Å². The van der Waals surface area contributed by atoms with Gasteiger partial charge in [-0.3, -0.25) is 0 Å². The Bertz CT molecular complexity index is 421. The largest absolute Gasteiger partial charge is 0.458 e. The molecule has 2 heteroatoms. The zero-order valence-corrected chi connectivity index (χ0v) is 10.7. The third-order valence-electron chi connectivity index (χ3n) is 4.93. The van der Waals surface area contributed by atoms with Gasteiger partial charge in [-0.15, -0.1) is 0 Å². The summed E-state index contributed by atoms with van der Waals surface area (Å²) in [7, 11) is 0. The van der Waals surface area contributed by atoms with Gasteiger partial charge in [-0.25, -0.2) is 4.79 Å². The van der Waals surface area contributed by atoms with Crippen molar-refractivity contribution >= 4 is 5.97 Å². The molecule has 0 aromatic carbocycles. The zero-order chi connectivity index (χ0) is 12.2. The summed E-state index contributed by atoms with van der Waals surface area (Å²) in [6.07, 6.45) is 7.13. The third-order valence-corrected chi connectivity index (χ3v) is 4.93. The third kappa shape index (κ3) is 1.50. The summed E-state index contributed by atoms with van der Waals surface area (Å²) in [4.78, 5) is 11.6. The average molecular weight is 232 g/mol. The predicted molar refractivity (Wildman–Crippen MR) is 66.3 cm³/mol. The average Bonchev–Trinajstić information content (AvgIpc) is 2.52. The van der Waals surface area contributed by atoms with Gasteiger partial charge in [-0.1, -0.05) is 38.5 Å². The van der Waals surface area contributed by atoms with Crippen LogP contribution in [0.25, 0.3) is 0 Å². The summed E-state index contributed by atoms with van der Waals surface area (Å²) in [5, 5.41) is 0. The molecule has 0 spiro atoms. The Kier molecular flexibility index (Phi) is 2.26. The highest BCUT2D eigenvalue weighted by Gasteiger charge is 2.48. The lowest BCUT2D eigenvalue weighted by molar-refractivity contribution is -0.140. The molecule has 2 nitrogen and oxygen atoms in total. The fourth-order valence-electron chi connectivity index (χ4n) is 3.94. The number of carbonyl (C=O) groups excluding carboxylic acids is 1.